The second-order valence-electron chi connectivity index (χ2n) is 6.85. The van der Waals surface area contributed by atoms with Gasteiger partial charge in [-0.3, -0.25) is 0 Å². The zero-order valence-electron chi connectivity index (χ0n) is 14.9. The summed E-state index contributed by atoms with van der Waals surface area (Å²) < 4.78 is 10.8. The van der Waals surface area contributed by atoms with E-state index in [0.29, 0.717) is 5.76 Å². The largest absolute Gasteiger partial charge is 0.461 e. The van der Waals surface area contributed by atoms with Gasteiger partial charge < -0.3 is 18.7 Å². The van der Waals surface area contributed by atoms with Crippen molar-refractivity contribution in [1.82, 2.24) is 5.16 Å². The summed E-state index contributed by atoms with van der Waals surface area (Å²) in [7, 11) is 0. The van der Waals surface area contributed by atoms with Crippen molar-refractivity contribution in [3.05, 3.63) is 72.1 Å². The maximum Gasteiger partial charge on any atom is 0.202 e. The van der Waals surface area contributed by atoms with Gasteiger partial charge in [0.1, 0.15) is 38.4 Å². The smallest absolute Gasteiger partial charge is 0.202 e. The minimum absolute atomic E-state index is 0.708. The second kappa shape index (κ2) is 8.17. The van der Waals surface area contributed by atoms with Crippen molar-refractivity contribution < 1.29 is 18.7 Å². The van der Waals surface area contributed by atoms with Gasteiger partial charge >= 0.3 is 0 Å². The van der Waals surface area contributed by atoms with Gasteiger partial charge in [0, 0.05) is 6.07 Å². The maximum absolute atomic E-state index is 5.40. The van der Waals surface area contributed by atoms with Crippen LogP contribution in [0.25, 0.3) is 17.6 Å². The van der Waals surface area contributed by atoms with Crippen LogP contribution in [-0.4, -0.2) is 37.9 Å². The van der Waals surface area contributed by atoms with Gasteiger partial charge in [-0.2, -0.15) is 0 Å². The summed E-state index contributed by atoms with van der Waals surface area (Å²) in [5.41, 5.74) is 2.27. The lowest BCUT2D eigenvalue weighted by atomic mass is 10.2. The standard InChI is InChI=1S/C21H23N3O2/c1-2-6-18(7-3-1)8-4-10-23-11-13-24(14-12-23)17-19-16-21(26-22-19)20-9-5-15-25-20/h1-9,15-16H,10-14,17H2/p+2/b8-4+. The zero-order valence-corrected chi connectivity index (χ0v) is 14.9. The van der Waals surface area contributed by atoms with E-state index in [2.05, 4.69) is 47.6 Å². The number of quaternary nitrogens is 2. The number of rotatable bonds is 6. The Morgan fingerprint density at radius 2 is 1.73 bits per heavy atom. The number of hydrogen-bond acceptors (Lipinski definition) is 3. The molecular formula is C21H25N3O2+2. The van der Waals surface area contributed by atoms with Gasteiger partial charge in [0.15, 0.2) is 5.76 Å². The molecule has 1 aliphatic rings. The monoisotopic (exact) mass is 351 g/mol. The van der Waals surface area contributed by atoms with Gasteiger partial charge in [-0.1, -0.05) is 41.6 Å². The molecule has 5 nitrogen and oxygen atoms in total. The fraction of sp³-hybridized carbons (Fsp3) is 0.286. The topological polar surface area (TPSA) is 48.1 Å². The van der Waals surface area contributed by atoms with Crippen LogP contribution in [-0.2, 0) is 6.54 Å². The number of furan rings is 1. The van der Waals surface area contributed by atoms with Crippen LogP contribution in [0.1, 0.15) is 11.3 Å². The highest BCUT2D eigenvalue weighted by molar-refractivity contribution is 5.49. The van der Waals surface area contributed by atoms with Gasteiger partial charge in [-0.25, -0.2) is 0 Å². The molecule has 2 aromatic heterocycles. The molecule has 0 saturated carbocycles. The Morgan fingerprint density at radius 1 is 0.923 bits per heavy atom. The van der Waals surface area contributed by atoms with E-state index < -0.39 is 0 Å². The Labute approximate surface area is 153 Å². The minimum atomic E-state index is 0.708. The normalized spacial score (nSPS) is 20.6. The summed E-state index contributed by atoms with van der Waals surface area (Å²) in [6.07, 6.45) is 6.16. The molecular weight excluding hydrogens is 326 g/mol. The molecule has 0 unspecified atom stereocenters. The van der Waals surface area contributed by atoms with E-state index in [9.17, 15) is 0 Å². The van der Waals surface area contributed by atoms with E-state index >= 15 is 0 Å². The molecule has 0 aliphatic carbocycles. The van der Waals surface area contributed by atoms with E-state index in [-0.39, 0.29) is 0 Å². The molecule has 0 radical (unpaired) electrons. The Bertz CT molecular complexity index is 816. The first-order valence-corrected chi connectivity index (χ1v) is 9.25. The molecule has 0 amide bonds. The first kappa shape index (κ1) is 16.8. The molecule has 2 N–H and O–H groups in total. The summed E-state index contributed by atoms with van der Waals surface area (Å²) >= 11 is 0. The Kier molecular flexibility index (Phi) is 5.28. The number of nitrogens with zero attached hydrogens (tertiary/aromatic N) is 1. The molecule has 1 aromatic carbocycles. The molecule has 0 atom stereocenters. The minimum Gasteiger partial charge on any atom is -0.461 e. The Morgan fingerprint density at radius 3 is 2.50 bits per heavy atom. The van der Waals surface area contributed by atoms with Crippen LogP contribution in [0, 0.1) is 0 Å². The molecule has 0 spiro atoms. The van der Waals surface area contributed by atoms with Crippen LogP contribution in [0.2, 0.25) is 0 Å². The highest BCUT2D eigenvalue weighted by Crippen LogP contribution is 2.20. The summed E-state index contributed by atoms with van der Waals surface area (Å²) in [5.74, 6) is 1.44. The van der Waals surface area contributed by atoms with Crippen molar-refractivity contribution in [3.63, 3.8) is 0 Å². The summed E-state index contributed by atoms with van der Waals surface area (Å²) in [4.78, 5) is 3.22. The van der Waals surface area contributed by atoms with Gasteiger partial charge in [-0.05, 0) is 23.8 Å². The average Bonchev–Trinajstić information content (AvgIpc) is 3.36. The van der Waals surface area contributed by atoms with Gasteiger partial charge in [-0.15, -0.1) is 0 Å². The van der Waals surface area contributed by atoms with Crippen molar-refractivity contribution in [2.45, 2.75) is 6.54 Å². The molecule has 1 saturated heterocycles. The third-order valence-corrected chi connectivity index (χ3v) is 4.93. The van der Waals surface area contributed by atoms with Crippen LogP contribution in [0.3, 0.4) is 0 Å². The van der Waals surface area contributed by atoms with Crippen molar-refractivity contribution >= 4 is 6.08 Å². The lowest BCUT2D eigenvalue weighted by Gasteiger charge is -2.28. The third-order valence-electron chi connectivity index (χ3n) is 4.93. The van der Waals surface area contributed by atoms with Crippen LogP contribution < -0.4 is 9.80 Å². The SMILES string of the molecule is C(=C\c1ccccc1)/C[NH+]1CC[NH+](Cc2cc(-c3ccco3)on2)CC1. The molecule has 134 valence electrons. The molecule has 0 bridgehead atoms. The predicted molar refractivity (Wildman–Crippen MR) is 99.6 cm³/mol. The van der Waals surface area contributed by atoms with E-state index in [1.807, 2.05) is 18.2 Å². The van der Waals surface area contributed by atoms with Crippen molar-refractivity contribution in [3.8, 4) is 11.5 Å². The number of benzene rings is 1. The molecule has 4 rings (SSSR count). The average molecular weight is 351 g/mol. The van der Waals surface area contributed by atoms with Crippen LogP contribution in [0.15, 0.2) is 69.8 Å². The first-order valence-electron chi connectivity index (χ1n) is 9.25. The number of hydrogen-bond donors (Lipinski definition) is 2. The number of piperazine rings is 1. The van der Waals surface area contributed by atoms with E-state index in [1.54, 1.807) is 16.1 Å². The lowest BCUT2D eigenvalue weighted by Crippen LogP contribution is -3.27. The predicted octanol–water partition coefficient (Wildman–Crippen LogP) is 0.931. The molecule has 1 fully saturated rings. The van der Waals surface area contributed by atoms with E-state index in [4.69, 9.17) is 8.94 Å². The molecule has 26 heavy (non-hydrogen) atoms. The molecule has 1 aliphatic heterocycles. The van der Waals surface area contributed by atoms with E-state index in [1.165, 1.54) is 18.7 Å². The summed E-state index contributed by atoms with van der Waals surface area (Å²) in [5, 5.41) is 4.19. The fourth-order valence-electron chi connectivity index (χ4n) is 3.45. The first-order chi connectivity index (χ1) is 12.9. The summed E-state index contributed by atoms with van der Waals surface area (Å²) in [6, 6.07) is 16.2. The molecule has 3 aromatic rings. The van der Waals surface area contributed by atoms with Crippen LogP contribution >= 0.6 is 0 Å². The maximum atomic E-state index is 5.40. The Hall–Kier alpha value is -2.63. The zero-order chi connectivity index (χ0) is 17.6. The van der Waals surface area contributed by atoms with Gasteiger partial charge in [0.05, 0.1) is 12.8 Å². The van der Waals surface area contributed by atoms with Crippen molar-refractivity contribution in [1.29, 1.82) is 0 Å². The number of nitrogens with one attached hydrogen (secondary N) is 2. The Balaban J connectivity index is 1.23. The molecule has 5 heteroatoms. The van der Waals surface area contributed by atoms with Crippen LogP contribution in [0.5, 0.6) is 0 Å². The quantitative estimate of drug-likeness (QED) is 0.695. The fourth-order valence-corrected chi connectivity index (χ4v) is 3.45. The van der Waals surface area contributed by atoms with E-state index in [0.717, 1.165) is 37.6 Å². The third kappa shape index (κ3) is 4.31. The van der Waals surface area contributed by atoms with Crippen molar-refractivity contribution in [2.75, 3.05) is 32.7 Å². The lowest BCUT2D eigenvalue weighted by molar-refractivity contribution is -1.02. The molecule has 3 heterocycles. The number of aromatic nitrogens is 1. The summed E-state index contributed by atoms with van der Waals surface area (Å²) in [6.45, 7) is 6.72. The highest BCUT2D eigenvalue weighted by atomic mass is 16.5. The van der Waals surface area contributed by atoms with Gasteiger partial charge in [0.2, 0.25) is 5.76 Å². The second-order valence-corrected chi connectivity index (χ2v) is 6.85. The van der Waals surface area contributed by atoms with Crippen LogP contribution in [0.4, 0.5) is 0 Å². The van der Waals surface area contributed by atoms with Gasteiger partial charge in [0.25, 0.3) is 0 Å². The highest BCUT2D eigenvalue weighted by Gasteiger charge is 2.23. The van der Waals surface area contributed by atoms with Crippen molar-refractivity contribution in [2.24, 2.45) is 0 Å².